The number of nitro groups is 1. The Kier molecular flexibility index (Phi) is 4.17. The summed E-state index contributed by atoms with van der Waals surface area (Å²) in [5.41, 5.74) is 6.57. The number of rotatable bonds is 5. The molecule has 0 saturated heterocycles. The van der Waals surface area contributed by atoms with Gasteiger partial charge in [-0.05, 0) is 19.4 Å². The molecule has 1 rings (SSSR count). The monoisotopic (exact) mass is 237 g/mol. The Morgan fingerprint density at radius 3 is 2.76 bits per heavy atom. The standard InChI is InChI=1S/C11H15N3O3/c1-7-9(6-13-8(2)11(12)15)4-3-5-10(7)14(16)17/h3-5,8,13H,6H2,1-2H3,(H2,12,15). The lowest BCUT2D eigenvalue weighted by atomic mass is 10.1. The van der Waals surface area contributed by atoms with Crippen LogP contribution in [-0.4, -0.2) is 16.9 Å². The largest absolute Gasteiger partial charge is 0.368 e. The molecule has 6 heteroatoms. The van der Waals surface area contributed by atoms with Crippen molar-refractivity contribution in [3.63, 3.8) is 0 Å². The number of benzene rings is 1. The number of hydrogen-bond acceptors (Lipinski definition) is 4. The van der Waals surface area contributed by atoms with Gasteiger partial charge in [0.25, 0.3) is 5.69 Å². The van der Waals surface area contributed by atoms with Crippen LogP contribution in [0.25, 0.3) is 0 Å². The van der Waals surface area contributed by atoms with E-state index in [9.17, 15) is 14.9 Å². The molecule has 0 spiro atoms. The van der Waals surface area contributed by atoms with Crippen LogP contribution in [0.5, 0.6) is 0 Å². The van der Waals surface area contributed by atoms with Crippen LogP contribution in [0.15, 0.2) is 18.2 Å². The van der Waals surface area contributed by atoms with Crippen molar-refractivity contribution in [3.8, 4) is 0 Å². The second kappa shape index (κ2) is 5.40. The van der Waals surface area contributed by atoms with Crippen LogP contribution in [0.2, 0.25) is 0 Å². The summed E-state index contributed by atoms with van der Waals surface area (Å²) in [5.74, 6) is -0.451. The van der Waals surface area contributed by atoms with E-state index in [1.54, 1.807) is 26.0 Å². The molecule has 0 radical (unpaired) electrons. The van der Waals surface area contributed by atoms with Crippen LogP contribution in [0.3, 0.4) is 0 Å². The second-order valence-corrected chi connectivity index (χ2v) is 3.82. The number of nitrogens with one attached hydrogen (secondary N) is 1. The Balaban J connectivity index is 2.82. The second-order valence-electron chi connectivity index (χ2n) is 3.82. The molecule has 1 atom stereocenters. The summed E-state index contributed by atoms with van der Waals surface area (Å²) in [6.45, 7) is 3.71. The summed E-state index contributed by atoms with van der Waals surface area (Å²) in [5, 5.41) is 13.6. The highest BCUT2D eigenvalue weighted by Gasteiger charge is 2.14. The maximum absolute atomic E-state index is 10.8. The summed E-state index contributed by atoms with van der Waals surface area (Å²) in [7, 11) is 0. The number of amides is 1. The molecule has 1 aromatic rings. The number of hydrogen-bond donors (Lipinski definition) is 2. The van der Waals surface area contributed by atoms with E-state index in [1.807, 2.05) is 0 Å². The molecule has 0 aliphatic heterocycles. The highest BCUT2D eigenvalue weighted by atomic mass is 16.6. The fraction of sp³-hybridized carbons (Fsp3) is 0.364. The third-order valence-corrected chi connectivity index (χ3v) is 2.64. The van der Waals surface area contributed by atoms with Crippen molar-refractivity contribution < 1.29 is 9.72 Å². The lowest BCUT2D eigenvalue weighted by Gasteiger charge is -2.11. The number of carbonyl (C=O) groups excluding carboxylic acids is 1. The van der Waals surface area contributed by atoms with Gasteiger partial charge in [0.15, 0.2) is 0 Å². The van der Waals surface area contributed by atoms with Gasteiger partial charge in [-0.2, -0.15) is 0 Å². The smallest absolute Gasteiger partial charge is 0.272 e. The van der Waals surface area contributed by atoms with E-state index < -0.39 is 16.9 Å². The third-order valence-electron chi connectivity index (χ3n) is 2.64. The Hall–Kier alpha value is -1.95. The summed E-state index contributed by atoms with van der Waals surface area (Å²) < 4.78 is 0. The van der Waals surface area contributed by atoms with E-state index in [0.717, 1.165) is 5.56 Å². The molecule has 0 aliphatic carbocycles. The van der Waals surface area contributed by atoms with Gasteiger partial charge in [0.2, 0.25) is 5.91 Å². The predicted octanol–water partition coefficient (Wildman–Crippen LogP) is 0.867. The molecule has 92 valence electrons. The van der Waals surface area contributed by atoms with Crippen LogP contribution in [0.4, 0.5) is 5.69 Å². The zero-order valence-electron chi connectivity index (χ0n) is 9.77. The molecule has 1 amide bonds. The SMILES string of the molecule is Cc1c(CNC(C)C(N)=O)cccc1[N+](=O)[O-]. The molecule has 3 N–H and O–H groups in total. The average Bonchev–Trinajstić information content (AvgIpc) is 2.26. The summed E-state index contributed by atoms with van der Waals surface area (Å²) in [6.07, 6.45) is 0. The van der Waals surface area contributed by atoms with Crippen LogP contribution >= 0.6 is 0 Å². The minimum Gasteiger partial charge on any atom is -0.368 e. The highest BCUT2D eigenvalue weighted by molar-refractivity contribution is 5.79. The van der Waals surface area contributed by atoms with Crippen molar-refractivity contribution in [2.45, 2.75) is 26.4 Å². The van der Waals surface area contributed by atoms with Crippen molar-refractivity contribution in [3.05, 3.63) is 39.4 Å². The van der Waals surface area contributed by atoms with Gasteiger partial charge in [-0.15, -0.1) is 0 Å². The van der Waals surface area contributed by atoms with Crippen LogP contribution in [-0.2, 0) is 11.3 Å². The zero-order chi connectivity index (χ0) is 13.0. The maximum atomic E-state index is 10.8. The number of carbonyl (C=O) groups is 1. The van der Waals surface area contributed by atoms with Gasteiger partial charge in [0, 0.05) is 18.2 Å². The predicted molar refractivity (Wildman–Crippen MR) is 63.3 cm³/mol. The number of primary amides is 1. The number of nitrogens with zero attached hydrogens (tertiary/aromatic N) is 1. The van der Waals surface area contributed by atoms with Gasteiger partial charge >= 0.3 is 0 Å². The van der Waals surface area contributed by atoms with Crippen LogP contribution < -0.4 is 11.1 Å². The minimum atomic E-state index is -0.464. The summed E-state index contributed by atoms with van der Waals surface area (Å²) in [6, 6.07) is 4.39. The first-order chi connectivity index (χ1) is 7.93. The van der Waals surface area contributed by atoms with Crippen molar-refractivity contribution in [1.29, 1.82) is 0 Å². The van der Waals surface area contributed by atoms with E-state index in [4.69, 9.17) is 5.73 Å². The van der Waals surface area contributed by atoms with Crippen LogP contribution in [0.1, 0.15) is 18.1 Å². The first kappa shape index (κ1) is 13.1. The van der Waals surface area contributed by atoms with Gasteiger partial charge < -0.3 is 11.1 Å². The first-order valence-corrected chi connectivity index (χ1v) is 5.19. The van der Waals surface area contributed by atoms with Crippen molar-refractivity contribution >= 4 is 11.6 Å². The van der Waals surface area contributed by atoms with Gasteiger partial charge in [-0.25, -0.2) is 0 Å². The quantitative estimate of drug-likeness (QED) is 0.586. The van der Waals surface area contributed by atoms with E-state index in [-0.39, 0.29) is 5.69 Å². The molecular weight excluding hydrogens is 222 g/mol. The first-order valence-electron chi connectivity index (χ1n) is 5.19. The molecule has 1 aromatic carbocycles. The Morgan fingerprint density at radius 2 is 2.24 bits per heavy atom. The van der Waals surface area contributed by atoms with E-state index in [1.165, 1.54) is 6.07 Å². The normalized spacial score (nSPS) is 12.1. The molecule has 1 unspecified atom stereocenters. The van der Waals surface area contributed by atoms with Gasteiger partial charge in [0.05, 0.1) is 11.0 Å². The molecular formula is C11H15N3O3. The lowest BCUT2D eigenvalue weighted by Crippen LogP contribution is -2.38. The van der Waals surface area contributed by atoms with Crippen molar-refractivity contribution in [2.24, 2.45) is 5.73 Å². The van der Waals surface area contributed by atoms with Crippen LogP contribution in [0, 0.1) is 17.0 Å². The zero-order valence-corrected chi connectivity index (χ0v) is 9.77. The maximum Gasteiger partial charge on any atom is 0.272 e. The highest BCUT2D eigenvalue weighted by Crippen LogP contribution is 2.20. The van der Waals surface area contributed by atoms with E-state index >= 15 is 0 Å². The fourth-order valence-electron chi connectivity index (χ4n) is 1.42. The fourth-order valence-corrected chi connectivity index (χ4v) is 1.42. The van der Waals surface area contributed by atoms with Gasteiger partial charge in [-0.3, -0.25) is 14.9 Å². The molecule has 0 saturated carbocycles. The molecule has 0 fully saturated rings. The van der Waals surface area contributed by atoms with Crippen molar-refractivity contribution in [1.82, 2.24) is 5.32 Å². The van der Waals surface area contributed by atoms with Crippen molar-refractivity contribution in [2.75, 3.05) is 0 Å². The summed E-state index contributed by atoms with van der Waals surface area (Å²) >= 11 is 0. The third kappa shape index (κ3) is 3.25. The topological polar surface area (TPSA) is 98.3 Å². The van der Waals surface area contributed by atoms with Gasteiger partial charge in [0.1, 0.15) is 0 Å². The molecule has 6 nitrogen and oxygen atoms in total. The molecule has 0 heterocycles. The Bertz CT molecular complexity index is 446. The Labute approximate surface area is 99.0 Å². The minimum absolute atomic E-state index is 0.0797. The summed E-state index contributed by atoms with van der Waals surface area (Å²) in [4.78, 5) is 21.1. The van der Waals surface area contributed by atoms with E-state index in [2.05, 4.69) is 5.32 Å². The molecule has 17 heavy (non-hydrogen) atoms. The average molecular weight is 237 g/mol. The number of nitrogens with two attached hydrogens (primary N) is 1. The Morgan fingerprint density at radius 1 is 1.59 bits per heavy atom. The molecule has 0 aromatic heterocycles. The van der Waals surface area contributed by atoms with E-state index in [0.29, 0.717) is 12.1 Å². The van der Waals surface area contributed by atoms with Gasteiger partial charge in [-0.1, -0.05) is 12.1 Å². The number of nitro benzene ring substituents is 1. The molecule has 0 aliphatic rings. The lowest BCUT2D eigenvalue weighted by molar-refractivity contribution is -0.385. The molecule has 0 bridgehead atoms.